The maximum atomic E-state index is 12.1. The highest BCUT2D eigenvalue weighted by Crippen LogP contribution is 2.47. The topological polar surface area (TPSA) is 118 Å². The number of hydrogen-bond donors (Lipinski definition) is 1. The van der Waals surface area contributed by atoms with Gasteiger partial charge < -0.3 is 18.9 Å². The number of rotatable bonds is 5. The van der Waals surface area contributed by atoms with Gasteiger partial charge in [-0.2, -0.15) is 0 Å². The zero-order valence-corrected chi connectivity index (χ0v) is 21.8. The third kappa shape index (κ3) is 4.61. The molecule has 2 aromatic carbocycles. The van der Waals surface area contributed by atoms with Gasteiger partial charge in [-0.15, -0.1) is 11.3 Å². The van der Waals surface area contributed by atoms with Crippen LogP contribution in [0.4, 0.5) is 10.5 Å². The fraction of sp³-hybridized carbons (Fsp3) is 0.192. The lowest BCUT2D eigenvalue weighted by molar-refractivity contribution is 0.0384. The van der Waals surface area contributed by atoms with Crippen molar-refractivity contribution in [3.63, 3.8) is 0 Å². The fourth-order valence-corrected chi connectivity index (χ4v) is 5.47. The number of carbonyl (C=O) groups is 1. The molecule has 1 aliphatic heterocycles. The van der Waals surface area contributed by atoms with E-state index >= 15 is 0 Å². The average molecular weight is 550 g/mol. The van der Waals surface area contributed by atoms with Crippen LogP contribution in [0.3, 0.4) is 0 Å². The van der Waals surface area contributed by atoms with Gasteiger partial charge in [-0.05, 0) is 36.8 Å². The van der Waals surface area contributed by atoms with Gasteiger partial charge in [0.1, 0.15) is 28.4 Å². The maximum absolute atomic E-state index is 12.1. The summed E-state index contributed by atoms with van der Waals surface area (Å²) < 4.78 is 23.4. The van der Waals surface area contributed by atoms with Gasteiger partial charge in [0.05, 0.1) is 41.2 Å². The van der Waals surface area contributed by atoms with Gasteiger partial charge >= 0.3 is 6.09 Å². The van der Waals surface area contributed by atoms with Crippen LogP contribution in [0.5, 0.6) is 17.4 Å². The normalized spacial score (nSPS) is 14.4. The number of nitrogens with one attached hydrogen (secondary N) is 1. The molecule has 3 aromatic heterocycles. The molecule has 0 aliphatic carbocycles. The summed E-state index contributed by atoms with van der Waals surface area (Å²) >= 11 is 8.04. The van der Waals surface area contributed by atoms with Gasteiger partial charge in [-0.3, -0.25) is 10.3 Å². The Hall–Kier alpha value is -4.22. The predicted octanol–water partition coefficient (Wildman–Crippen LogP) is 5.66. The Morgan fingerprint density at radius 3 is 2.95 bits per heavy atom. The van der Waals surface area contributed by atoms with Gasteiger partial charge in [0, 0.05) is 17.8 Å². The number of amides is 1. The molecule has 0 fully saturated rings. The van der Waals surface area contributed by atoms with Crippen molar-refractivity contribution < 1.29 is 23.7 Å². The van der Waals surface area contributed by atoms with E-state index in [9.17, 15) is 4.79 Å². The van der Waals surface area contributed by atoms with Crippen molar-refractivity contribution >= 4 is 56.0 Å². The molecular formula is C26H20ClN5O5S. The van der Waals surface area contributed by atoms with Crippen LogP contribution >= 0.6 is 22.9 Å². The first kappa shape index (κ1) is 24.1. The van der Waals surface area contributed by atoms with Crippen LogP contribution in [-0.4, -0.2) is 52.5 Å². The first-order chi connectivity index (χ1) is 18.5. The number of benzene rings is 2. The first-order valence-corrected chi connectivity index (χ1v) is 12.8. The second kappa shape index (κ2) is 9.92. The number of hydrogen-bond acceptors (Lipinski definition) is 10. The predicted molar refractivity (Wildman–Crippen MR) is 144 cm³/mol. The Kier molecular flexibility index (Phi) is 6.30. The number of carbonyl (C=O) groups excluding carboxylic acids is 1. The van der Waals surface area contributed by atoms with Crippen LogP contribution < -0.4 is 19.5 Å². The molecule has 5 aromatic rings. The lowest BCUT2D eigenvalue weighted by Gasteiger charge is -2.26. The minimum Gasteiger partial charge on any atom is -0.484 e. The van der Waals surface area contributed by atoms with Crippen molar-refractivity contribution in [2.24, 2.45) is 0 Å². The molecule has 1 unspecified atom stereocenters. The van der Waals surface area contributed by atoms with Gasteiger partial charge in [0.2, 0.25) is 5.88 Å². The molecule has 0 spiro atoms. The third-order valence-corrected chi connectivity index (χ3v) is 7.14. The van der Waals surface area contributed by atoms with E-state index in [1.54, 1.807) is 37.7 Å². The third-order valence-electron chi connectivity index (χ3n) is 5.77. The molecule has 38 heavy (non-hydrogen) atoms. The largest absolute Gasteiger partial charge is 0.484 e. The molecular weight excluding hydrogens is 530 g/mol. The molecule has 0 saturated heterocycles. The molecule has 1 atom stereocenters. The molecule has 12 heteroatoms. The highest BCUT2D eigenvalue weighted by atomic mass is 35.5. The number of fused-ring (bicyclic) bond motifs is 4. The van der Waals surface area contributed by atoms with Crippen LogP contribution in [0.2, 0.25) is 5.02 Å². The van der Waals surface area contributed by atoms with Crippen LogP contribution in [0.25, 0.3) is 31.8 Å². The summed E-state index contributed by atoms with van der Waals surface area (Å²) in [6.07, 6.45) is 3.61. The molecule has 0 bridgehead atoms. The summed E-state index contributed by atoms with van der Waals surface area (Å²) in [5.41, 5.74) is 4.41. The van der Waals surface area contributed by atoms with Gasteiger partial charge in [-0.25, -0.2) is 19.7 Å². The van der Waals surface area contributed by atoms with Crippen LogP contribution in [-0.2, 0) is 4.74 Å². The minimum absolute atomic E-state index is 0.00740. The number of anilines is 1. The summed E-state index contributed by atoms with van der Waals surface area (Å²) in [7, 11) is 1.56. The maximum Gasteiger partial charge on any atom is 0.411 e. The molecule has 0 radical (unpaired) electrons. The second-order valence-corrected chi connectivity index (χ2v) is 9.90. The van der Waals surface area contributed by atoms with Gasteiger partial charge in [0.15, 0.2) is 17.6 Å². The lowest BCUT2D eigenvalue weighted by Crippen LogP contribution is -2.35. The molecule has 1 aliphatic rings. The van der Waals surface area contributed by atoms with Crippen LogP contribution in [0.15, 0.2) is 48.9 Å². The number of nitrogens with zero attached hydrogens (tertiary/aromatic N) is 4. The monoisotopic (exact) mass is 549 g/mol. The van der Waals surface area contributed by atoms with Crippen molar-refractivity contribution in [2.75, 3.05) is 25.6 Å². The zero-order valence-electron chi connectivity index (χ0n) is 20.2. The molecule has 1 N–H and O–H groups in total. The summed E-state index contributed by atoms with van der Waals surface area (Å²) in [6, 6.07) is 9.06. The molecule has 192 valence electrons. The summed E-state index contributed by atoms with van der Waals surface area (Å²) in [5, 5.41) is 3.76. The Morgan fingerprint density at radius 2 is 2.13 bits per heavy atom. The average Bonchev–Trinajstić information content (AvgIpc) is 3.38. The molecule has 6 rings (SSSR count). The number of pyridine rings is 1. The molecule has 10 nitrogen and oxygen atoms in total. The fourth-order valence-electron chi connectivity index (χ4n) is 4.08. The van der Waals surface area contributed by atoms with Crippen molar-refractivity contribution in [3.8, 4) is 28.0 Å². The lowest BCUT2D eigenvalue weighted by atomic mass is 10.1. The van der Waals surface area contributed by atoms with Crippen molar-refractivity contribution in [1.29, 1.82) is 0 Å². The first-order valence-electron chi connectivity index (χ1n) is 11.6. The van der Waals surface area contributed by atoms with Crippen molar-refractivity contribution in [1.82, 2.24) is 19.9 Å². The van der Waals surface area contributed by atoms with E-state index < -0.39 is 12.2 Å². The van der Waals surface area contributed by atoms with E-state index in [0.29, 0.717) is 44.6 Å². The number of aryl methyl sites for hydroxylation is 1. The van der Waals surface area contributed by atoms with Crippen molar-refractivity contribution in [2.45, 2.75) is 13.0 Å². The van der Waals surface area contributed by atoms with Gasteiger partial charge in [-0.1, -0.05) is 11.6 Å². The smallest absolute Gasteiger partial charge is 0.411 e. The highest BCUT2D eigenvalue weighted by molar-refractivity contribution is 7.22. The molecule has 0 saturated carbocycles. The van der Waals surface area contributed by atoms with E-state index in [1.165, 1.54) is 17.5 Å². The Balaban J connectivity index is 1.26. The van der Waals surface area contributed by atoms with E-state index in [-0.39, 0.29) is 13.2 Å². The summed E-state index contributed by atoms with van der Waals surface area (Å²) in [6.45, 7) is 2.17. The minimum atomic E-state index is -0.612. The van der Waals surface area contributed by atoms with E-state index in [0.717, 1.165) is 20.8 Å². The van der Waals surface area contributed by atoms with Crippen molar-refractivity contribution in [3.05, 3.63) is 59.5 Å². The zero-order chi connectivity index (χ0) is 26.2. The highest BCUT2D eigenvalue weighted by Gasteiger charge is 2.28. The standard InChI is InChI=1S/C26H20ClN5O5S/c1-13-6-16(21-18(7-13)31-20(34-2)10-29-21)25-32-22-17(27)8-19-23(24(22)38-25)35-11-15(37-19)12-36-26(33)30-14-4-3-5-28-9-14/h3-10,15H,11-12H2,1-2H3,(H,30,33). The summed E-state index contributed by atoms with van der Waals surface area (Å²) in [4.78, 5) is 30.0. The molecule has 1 amide bonds. The number of ether oxygens (including phenoxy) is 4. The van der Waals surface area contributed by atoms with E-state index in [1.807, 2.05) is 19.1 Å². The Labute approximate surface area is 225 Å². The molecule has 4 heterocycles. The number of thiazole rings is 1. The number of halogens is 1. The Bertz CT molecular complexity index is 1680. The number of aromatic nitrogens is 4. The quantitative estimate of drug-likeness (QED) is 0.296. The van der Waals surface area contributed by atoms with E-state index in [2.05, 4.69) is 20.3 Å². The SMILES string of the molecule is COc1cnc2c(-c3nc4c(Cl)cc5c(c4s3)OCC(COC(=O)Nc3cccnc3)O5)cc(C)cc2n1. The second-order valence-electron chi connectivity index (χ2n) is 8.49. The van der Waals surface area contributed by atoms with Crippen LogP contribution in [0.1, 0.15) is 5.56 Å². The Morgan fingerprint density at radius 1 is 1.24 bits per heavy atom. The van der Waals surface area contributed by atoms with E-state index in [4.69, 9.17) is 35.5 Å². The summed E-state index contributed by atoms with van der Waals surface area (Å²) in [5.74, 6) is 1.45. The number of methoxy groups -OCH3 is 1. The van der Waals surface area contributed by atoms with Gasteiger partial charge in [0.25, 0.3) is 0 Å². The van der Waals surface area contributed by atoms with Crippen LogP contribution in [0, 0.1) is 6.92 Å².